The molecule has 1 saturated carbocycles. The number of benzene rings is 1. The number of ether oxygens (including phenoxy) is 1. The molecule has 3 N–H and O–H groups in total. The van der Waals surface area contributed by atoms with Crippen LogP contribution in [0, 0.1) is 5.92 Å². The molecule has 2 unspecified atom stereocenters. The molecule has 3 rings (SSSR count). The van der Waals surface area contributed by atoms with Crippen molar-refractivity contribution >= 4 is 18.3 Å². The van der Waals surface area contributed by atoms with E-state index < -0.39 is 6.04 Å². The molecule has 1 aromatic carbocycles. The standard InChI is InChI=1S/C19H29N3O2.ClH/c1-12(2)17(20)19(23)21-16-9-10-22(14-7-8-14)18(16)13-5-4-6-15(11-13)24-3;/h4-6,11-12,14,16-18H,7-10,20H2,1-3H3,(H,21,23);1H/t16?,17-,18?;/m0./s1. The Morgan fingerprint density at radius 3 is 2.64 bits per heavy atom. The Morgan fingerprint density at radius 1 is 1.32 bits per heavy atom. The zero-order valence-corrected chi connectivity index (χ0v) is 16.1. The Kier molecular flexibility index (Phi) is 6.72. The molecule has 1 amide bonds. The number of nitrogens with zero attached hydrogens (tertiary/aromatic N) is 1. The number of nitrogens with two attached hydrogens (primary N) is 1. The summed E-state index contributed by atoms with van der Waals surface area (Å²) < 4.78 is 5.39. The summed E-state index contributed by atoms with van der Waals surface area (Å²) in [5, 5.41) is 3.21. The van der Waals surface area contributed by atoms with Crippen LogP contribution in [0.4, 0.5) is 0 Å². The third kappa shape index (κ3) is 4.46. The van der Waals surface area contributed by atoms with Crippen LogP contribution < -0.4 is 15.8 Å². The highest BCUT2D eigenvalue weighted by Crippen LogP contribution is 2.41. The number of halogens is 1. The van der Waals surface area contributed by atoms with Crippen molar-refractivity contribution in [3.8, 4) is 5.75 Å². The average molecular weight is 368 g/mol. The quantitative estimate of drug-likeness (QED) is 0.810. The van der Waals surface area contributed by atoms with Gasteiger partial charge < -0.3 is 15.8 Å². The first-order valence-corrected chi connectivity index (χ1v) is 8.97. The van der Waals surface area contributed by atoms with Crippen LogP contribution in [-0.4, -0.2) is 42.6 Å². The van der Waals surface area contributed by atoms with Gasteiger partial charge in [0.15, 0.2) is 0 Å². The summed E-state index contributed by atoms with van der Waals surface area (Å²) in [4.78, 5) is 15.0. The maximum absolute atomic E-state index is 12.5. The highest BCUT2D eigenvalue weighted by atomic mass is 35.5. The fraction of sp³-hybridized carbons (Fsp3) is 0.632. The van der Waals surface area contributed by atoms with E-state index in [0.29, 0.717) is 6.04 Å². The molecule has 0 spiro atoms. The second kappa shape index (κ2) is 8.39. The number of likely N-dealkylation sites (tertiary alicyclic amines) is 1. The lowest BCUT2D eigenvalue weighted by Crippen LogP contribution is -2.49. The molecular weight excluding hydrogens is 338 g/mol. The van der Waals surface area contributed by atoms with Gasteiger partial charge in [-0.15, -0.1) is 12.4 Å². The summed E-state index contributed by atoms with van der Waals surface area (Å²) in [7, 11) is 1.69. The third-order valence-corrected chi connectivity index (χ3v) is 5.24. The van der Waals surface area contributed by atoms with Crippen LogP contribution in [0.25, 0.3) is 0 Å². The maximum Gasteiger partial charge on any atom is 0.237 e. The van der Waals surface area contributed by atoms with Crippen LogP contribution in [0.5, 0.6) is 5.75 Å². The second-order valence-electron chi connectivity index (χ2n) is 7.36. The molecule has 6 heteroatoms. The lowest BCUT2D eigenvalue weighted by molar-refractivity contribution is -0.124. The Balaban J connectivity index is 0.00000225. The van der Waals surface area contributed by atoms with E-state index in [2.05, 4.69) is 22.3 Å². The van der Waals surface area contributed by atoms with E-state index in [9.17, 15) is 4.79 Å². The van der Waals surface area contributed by atoms with Crippen LogP contribution >= 0.6 is 12.4 Å². The lowest BCUT2D eigenvalue weighted by atomic mass is 9.98. The molecule has 3 atom stereocenters. The number of rotatable bonds is 6. The van der Waals surface area contributed by atoms with Gasteiger partial charge in [-0.25, -0.2) is 0 Å². The molecule has 2 aliphatic rings. The first-order chi connectivity index (χ1) is 11.5. The van der Waals surface area contributed by atoms with Crippen molar-refractivity contribution in [2.45, 2.75) is 57.3 Å². The zero-order chi connectivity index (χ0) is 17.3. The lowest BCUT2D eigenvalue weighted by Gasteiger charge is -2.30. The number of carbonyl (C=O) groups excluding carboxylic acids is 1. The first kappa shape index (κ1) is 20.0. The van der Waals surface area contributed by atoms with Crippen molar-refractivity contribution in [3.05, 3.63) is 29.8 Å². The topological polar surface area (TPSA) is 67.6 Å². The minimum atomic E-state index is -0.453. The van der Waals surface area contributed by atoms with Crippen LogP contribution in [0.3, 0.4) is 0 Å². The Bertz CT molecular complexity index is 592. The van der Waals surface area contributed by atoms with Gasteiger partial charge in [0.1, 0.15) is 5.75 Å². The number of hydrogen-bond donors (Lipinski definition) is 2. The molecule has 1 saturated heterocycles. The molecule has 25 heavy (non-hydrogen) atoms. The van der Waals surface area contributed by atoms with Crippen molar-refractivity contribution in [3.63, 3.8) is 0 Å². The minimum Gasteiger partial charge on any atom is -0.497 e. The first-order valence-electron chi connectivity index (χ1n) is 8.97. The molecule has 140 valence electrons. The molecule has 0 aromatic heterocycles. The summed E-state index contributed by atoms with van der Waals surface area (Å²) in [5.74, 6) is 0.959. The highest BCUT2D eigenvalue weighted by Gasteiger charge is 2.43. The second-order valence-corrected chi connectivity index (χ2v) is 7.36. The molecule has 1 aliphatic heterocycles. The van der Waals surface area contributed by atoms with Crippen molar-refractivity contribution in [2.75, 3.05) is 13.7 Å². The van der Waals surface area contributed by atoms with Crippen molar-refractivity contribution < 1.29 is 9.53 Å². The molecule has 1 heterocycles. The Hall–Kier alpha value is -1.30. The third-order valence-electron chi connectivity index (χ3n) is 5.24. The fourth-order valence-electron chi connectivity index (χ4n) is 3.61. The SMILES string of the molecule is COc1cccc(C2C(NC(=O)[C@@H](N)C(C)C)CCN2C2CC2)c1.Cl. The summed E-state index contributed by atoms with van der Waals surface area (Å²) in [6.07, 6.45) is 3.48. The zero-order valence-electron chi connectivity index (χ0n) is 15.3. The van der Waals surface area contributed by atoms with Crippen LogP contribution in [0.2, 0.25) is 0 Å². The number of nitrogens with one attached hydrogen (secondary N) is 1. The largest absolute Gasteiger partial charge is 0.497 e. The molecule has 5 nitrogen and oxygen atoms in total. The van der Waals surface area contributed by atoms with E-state index in [4.69, 9.17) is 10.5 Å². The summed E-state index contributed by atoms with van der Waals surface area (Å²) >= 11 is 0. The Morgan fingerprint density at radius 2 is 2.04 bits per heavy atom. The van der Waals surface area contributed by atoms with Crippen molar-refractivity contribution in [1.82, 2.24) is 10.2 Å². The van der Waals surface area contributed by atoms with Crippen LogP contribution in [0.15, 0.2) is 24.3 Å². The molecular formula is C19H30ClN3O2. The Labute approximate surface area is 156 Å². The van der Waals surface area contributed by atoms with Crippen LogP contribution in [-0.2, 0) is 4.79 Å². The maximum atomic E-state index is 12.5. The number of methoxy groups -OCH3 is 1. The highest BCUT2D eigenvalue weighted by molar-refractivity contribution is 5.85. The monoisotopic (exact) mass is 367 g/mol. The van der Waals surface area contributed by atoms with E-state index in [1.54, 1.807) is 7.11 Å². The average Bonchev–Trinajstić information content (AvgIpc) is 3.35. The molecule has 1 aliphatic carbocycles. The molecule has 1 aromatic rings. The molecule has 0 radical (unpaired) electrons. The van der Waals surface area contributed by atoms with E-state index in [0.717, 1.165) is 18.7 Å². The van der Waals surface area contributed by atoms with E-state index in [-0.39, 0.29) is 36.3 Å². The van der Waals surface area contributed by atoms with Gasteiger partial charge in [0.25, 0.3) is 0 Å². The minimum absolute atomic E-state index is 0. The van der Waals surface area contributed by atoms with Crippen molar-refractivity contribution in [1.29, 1.82) is 0 Å². The predicted molar refractivity (Wildman–Crippen MR) is 102 cm³/mol. The van der Waals surface area contributed by atoms with E-state index in [1.807, 2.05) is 26.0 Å². The normalized spacial score (nSPS) is 24.7. The van der Waals surface area contributed by atoms with Gasteiger partial charge in [0.2, 0.25) is 5.91 Å². The van der Waals surface area contributed by atoms with Gasteiger partial charge in [-0.3, -0.25) is 9.69 Å². The molecule has 2 fully saturated rings. The van der Waals surface area contributed by atoms with E-state index >= 15 is 0 Å². The van der Waals surface area contributed by atoms with Gasteiger partial charge in [-0.2, -0.15) is 0 Å². The summed E-state index contributed by atoms with van der Waals surface area (Å²) in [6, 6.07) is 8.72. The van der Waals surface area contributed by atoms with Crippen molar-refractivity contribution in [2.24, 2.45) is 11.7 Å². The summed E-state index contributed by atoms with van der Waals surface area (Å²) in [6.45, 7) is 4.98. The van der Waals surface area contributed by atoms with Gasteiger partial charge >= 0.3 is 0 Å². The number of carbonyl (C=O) groups is 1. The molecule has 0 bridgehead atoms. The smallest absolute Gasteiger partial charge is 0.237 e. The van der Waals surface area contributed by atoms with Gasteiger partial charge in [0, 0.05) is 18.6 Å². The summed E-state index contributed by atoms with van der Waals surface area (Å²) in [5.41, 5.74) is 7.24. The number of hydrogen-bond acceptors (Lipinski definition) is 4. The van der Waals surface area contributed by atoms with Gasteiger partial charge in [-0.05, 0) is 42.9 Å². The van der Waals surface area contributed by atoms with E-state index in [1.165, 1.54) is 18.4 Å². The van der Waals surface area contributed by atoms with Gasteiger partial charge in [0.05, 0.1) is 19.2 Å². The van der Waals surface area contributed by atoms with Crippen LogP contribution in [0.1, 0.15) is 44.7 Å². The number of amides is 1. The fourth-order valence-corrected chi connectivity index (χ4v) is 3.61. The van der Waals surface area contributed by atoms with Gasteiger partial charge in [-0.1, -0.05) is 26.0 Å². The predicted octanol–water partition coefficient (Wildman–Crippen LogP) is 2.49.